The van der Waals surface area contributed by atoms with E-state index in [1.807, 2.05) is 6.08 Å². The van der Waals surface area contributed by atoms with Crippen molar-refractivity contribution in [1.82, 2.24) is 15.5 Å². The number of hydrogen-bond donors (Lipinski definition) is 5. The number of urea groups is 1. The first kappa shape index (κ1) is 26.6. The zero-order chi connectivity index (χ0) is 26.9. The van der Waals surface area contributed by atoms with E-state index in [1.165, 1.54) is 11.9 Å². The summed E-state index contributed by atoms with van der Waals surface area (Å²) in [5.74, 6) is -2.41. The van der Waals surface area contributed by atoms with Gasteiger partial charge in [0.15, 0.2) is 5.83 Å². The normalized spacial score (nSPS) is 13.9. The second kappa shape index (κ2) is 12.1. The summed E-state index contributed by atoms with van der Waals surface area (Å²) in [7, 11) is 1.53. The molecule has 4 amide bonds. The first-order valence-electron chi connectivity index (χ1n) is 11.2. The van der Waals surface area contributed by atoms with Gasteiger partial charge in [0, 0.05) is 31.4 Å². The van der Waals surface area contributed by atoms with E-state index in [9.17, 15) is 18.8 Å². The number of carbonyl (C=O) groups excluding carboxylic acids is 3. The second-order valence-electron chi connectivity index (χ2n) is 7.90. The van der Waals surface area contributed by atoms with E-state index in [1.54, 1.807) is 48.5 Å². The Bertz CT molecular complexity index is 1280. The van der Waals surface area contributed by atoms with Gasteiger partial charge in [0.05, 0.1) is 5.69 Å². The predicted octanol–water partition coefficient (Wildman–Crippen LogP) is 2.23. The number of nitrogens with zero attached hydrogens (tertiary/aromatic N) is 3. The van der Waals surface area contributed by atoms with Gasteiger partial charge in [0.1, 0.15) is 0 Å². The van der Waals surface area contributed by atoms with Crippen molar-refractivity contribution in [3.8, 4) is 0 Å². The van der Waals surface area contributed by atoms with Crippen LogP contribution in [0.15, 0.2) is 77.0 Å². The summed E-state index contributed by atoms with van der Waals surface area (Å²) in [5, 5.41) is 7.48. The highest BCUT2D eigenvalue weighted by Gasteiger charge is 2.21. The van der Waals surface area contributed by atoms with Gasteiger partial charge in [0.2, 0.25) is 11.9 Å². The summed E-state index contributed by atoms with van der Waals surface area (Å²) >= 11 is 0. The summed E-state index contributed by atoms with van der Waals surface area (Å²) in [6, 6.07) is 12.6. The maximum Gasteiger partial charge on any atom is 0.325 e. The highest BCUT2D eigenvalue weighted by molar-refractivity contribution is 6.05. The fourth-order valence-corrected chi connectivity index (χ4v) is 3.48. The highest BCUT2D eigenvalue weighted by atomic mass is 19.1. The number of carbonyl (C=O) groups is 3. The summed E-state index contributed by atoms with van der Waals surface area (Å²) in [6.45, 7) is 3.76. The second-order valence-corrected chi connectivity index (χ2v) is 7.90. The Kier molecular flexibility index (Phi) is 8.71. The van der Waals surface area contributed by atoms with Crippen molar-refractivity contribution in [2.75, 3.05) is 25.5 Å². The van der Waals surface area contributed by atoms with Crippen LogP contribution in [0.4, 0.5) is 20.6 Å². The molecule has 2 aromatic carbocycles. The fourth-order valence-electron chi connectivity index (χ4n) is 3.48. The molecule has 0 spiro atoms. The molecule has 0 atom stereocenters. The van der Waals surface area contributed by atoms with Gasteiger partial charge in [0.25, 0.3) is 11.8 Å². The Balaban J connectivity index is 1.56. The van der Waals surface area contributed by atoms with Gasteiger partial charge in [-0.3, -0.25) is 14.9 Å². The van der Waals surface area contributed by atoms with Crippen LogP contribution < -0.4 is 27.4 Å². The largest absolute Gasteiger partial charge is 0.369 e. The molecular formula is C25H27FN8O3. The Hall–Kier alpha value is -5.00. The van der Waals surface area contributed by atoms with Gasteiger partial charge in [-0.25, -0.2) is 14.2 Å². The van der Waals surface area contributed by atoms with Crippen LogP contribution in [0.5, 0.6) is 0 Å². The van der Waals surface area contributed by atoms with Gasteiger partial charge in [-0.1, -0.05) is 24.8 Å². The van der Waals surface area contributed by atoms with Crippen LogP contribution in [0, 0.1) is 0 Å². The third kappa shape index (κ3) is 7.49. The Morgan fingerprint density at radius 3 is 2.35 bits per heavy atom. The fraction of sp³-hybridized carbons (Fsp3) is 0.160. The predicted molar refractivity (Wildman–Crippen MR) is 141 cm³/mol. The van der Waals surface area contributed by atoms with Crippen molar-refractivity contribution in [2.45, 2.75) is 6.42 Å². The van der Waals surface area contributed by atoms with Gasteiger partial charge in [-0.2, -0.15) is 4.99 Å². The van der Waals surface area contributed by atoms with E-state index in [-0.39, 0.29) is 24.4 Å². The van der Waals surface area contributed by atoms with Gasteiger partial charge < -0.3 is 27.0 Å². The van der Waals surface area contributed by atoms with Crippen molar-refractivity contribution in [1.29, 1.82) is 0 Å². The third-order valence-corrected chi connectivity index (χ3v) is 5.26. The van der Waals surface area contributed by atoms with Crippen molar-refractivity contribution < 1.29 is 18.8 Å². The van der Waals surface area contributed by atoms with Crippen molar-refractivity contribution >= 4 is 46.7 Å². The van der Waals surface area contributed by atoms with Crippen molar-refractivity contribution in [3.05, 3.63) is 78.1 Å². The Morgan fingerprint density at radius 2 is 1.73 bits per heavy atom. The maximum absolute atomic E-state index is 13.2. The summed E-state index contributed by atoms with van der Waals surface area (Å²) in [5.41, 5.74) is 14.6. The van der Waals surface area contributed by atoms with Crippen LogP contribution in [0.2, 0.25) is 0 Å². The first-order valence-corrected chi connectivity index (χ1v) is 11.2. The number of benzene rings is 2. The van der Waals surface area contributed by atoms with Crippen LogP contribution in [-0.4, -0.2) is 54.8 Å². The third-order valence-electron chi connectivity index (χ3n) is 5.26. The van der Waals surface area contributed by atoms with Crippen LogP contribution in [0.25, 0.3) is 5.57 Å². The lowest BCUT2D eigenvalue weighted by molar-refractivity contribution is -0.128. The minimum absolute atomic E-state index is 0.195. The molecule has 3 rings (SSSR count). The molecule has 192 valence electrons. The molecule has 12 heteroatoms. The zero-order valence-corrected chi connectivity index (χ0v) is 20.1. The maximum atomic E-state index is 13.2. The minimum atomic E-state index is -0.987. The van der Waals surface area contributed by atoms with Crippen LogP contribution in [-0.2, 0) is 4.79 Å². The summed E-state index contributed by atoms with van der Waals surface area (Å²) in [4.78, 5) is 45.0. The SMILES string of the molecule is C=C(F)C(=O)N1CCC=C(c2ccc(NC(=O)N/C(N)=N\C(N)=Nc3ccc(C(=O)NC)cc3)cc2)C1. The van der Waals surface area contributed by atoms with E-state index in [4.69, 9.17) is 11.5 Å². The number of guanidine groups is 2. The molecule has 2 aromatic rings. The smallest absolute Gasteiger partial charge is 0.325 e. The number of nitrogens with one attached hydrogen (secondary N) is 3. The molecule has 11 nitrogen and oxygen atoms in total. The van der Waals surface area contributed by atoms with Crippen LogP contribution in [0.3, 0.4) is 0 Å². The molecule has 1 heterocycles. The molecule has 1 aliphatic rings. The average molecular weight is 507 g/mol. The lowest BCUT2D eigenvalue weighted by Crippen LogP contribution is -2.40. The molecule has 0 saturated heterocycles. The molecule has 1 aliphatic heterocycles. The number of amides is 4. The monoisotopic (exact) mass is 506 g/mol. The van der Waals surface area contributed by atoms with Crippen molar-refractivity contribution in [3.63, 3.8) is 0 Å². The van der Waals surface area contributed by atoms with Crippen molar-refractivity contribution in [2.24, 2.45) is 21.5 Å². The summed E-state index contributed by atoms with van der Waals surface area (Å²) < 4.78 is 13.2. The summed E-state index contributed by atoms with van der Waals surface area (Å²) in [6.07, 6.45) is 2.59. The number of aliphatic imine (C=N–C) groups is 2. The van der Waals surface area contributed by atoms with Gasteiger partial charge >= 0.3 is 6.03 Å². The molecule has 0 saturated carbocycles. The molecule has 37 heavy (non-hydrogen) atoms. The van der Waals surface area contributed by atoms with Gasteiger partial charge in [-0.05, 0) is 54.0 Å². The number of halogens is 1. The minimum Gasteiger partial charge on any atom is -0.369 e. The average Bonchev–Trinajstić information content (AvgIpc) is 2.88. The van der Waals surface area contributed by atoms with Crippen LogP contribution in [0.1, 0.15) is 22.3 Å². The molecular weight excluding hydrogens is 479 g/mol. The molecule has 0 fully saturated rings. The Morgan fingerprint density at radius 1 is 1.05 bits per heavy atom. The molecule has 0 aromatic heterocycles. The molecule has 7 N–H and O–H groups in total. The lowest BCUT2D eigenvalue weighted by Gasteiger charge is -2.27. The quantitative estimate of drug-likeness (QED) is 0.238. The standard InChI is InChI=1S/C25H27FN8O3/c1-15(26)22(36)34-13-3-4-18(14-34)16-5-9-20(10-6-16)31-25(37)33-24(28)32-23(27)30-19-11-7-17(8-12-19)21(35)29-2/h4-12H,1,3,13-14H2,2H3,(H,29,35)(H6,27,28,30,31,32,33,37). The van der Waals surface area contributed by atoms with E-state index in [0.717, 1.165) is 11.1 Å². The Labute approximate surface area is 212 Å². The number of rotatable bonds is 5. The molecule has 0 aliphatic carbocycles. The number of anilines is 1. The lowest BCUT2D eigenvalue weighted by atomic mass is 10.0. The zero-order valence-electron chi connectivity index (χ0n) is 20.1. The molecule has 0 radical (unpaired) electrons. The van der Waals surface area contributed by atoms with E-state index < -0.39 is 17.8 Å². The van der Waals surface area contributed by atoms with E-state index >= 15 is 0 Å². The topological polar surface area (TPSA) is 167 Å². The first-order chi connectivity index (χ1) is 17.7. The van der Waals surface area contributed by atoms with E-state index in [0.29, 0.717) is 29.9 Å². The molecule has 0 unspecified atom stereocenters. The highest BCUT2D eigenvalue weighted by Crippen LogP contribution is 2.23. The van der Waals surface area contributed by atoms with E-state index in [2.05, 4.69) is 32.5 Å². The van der Waals surface area contributed by atoms with Crippen LogP contribution >= 0.6 is 0 Å². The molecule has 0 bridgehead atoms. The number of nitrogens with two attached hydrogens (primary N) is 2. The number of hydrogen-bond acceptors (Lipinski definition) is 4. The van der Waals surface area contributed by atoms with Gasteiger partial charge in [-0.15, -0.1) is 0 Å².